The highest BCUT2D eigenvalue weighted by Crippen LogP contribution is 2.43. The van der Waals surface area contributed by atoms with Crippen LogP contribution in [0.4, 0.5) is 0 Å². The summed E-state index contributed by atoms with van der Waals surface area (Å²) in [5, 5.41) is 23.2. The van der Waals surface area contributed by atoms with Crippen molar-refractivity contribution in [2.45, 2.75) is 25.4 Å². The molecule has 1 aliphatic carbocycles. The monoisotopic (exact) mass is 210 g/mol. The second-order valence-corrected chi connectivity index (χ2v) is 4.23. The smallest absolute Gasteiger partial charge is 0.306 e. The molecule has 1 heterocycles. The lowest BCUT2D eigenvalue weighted by molar-refractivity contribution is -0.144. The van der Waals surface area contributed by atoms with Crippen LogP contribution in [-0.4, -0.2) is 26.0 Å². The number of hydrogen-bond acceptors (Lipinski definition) is 3. The van der Waals surface area contributed by atoms with Crippen LogP contribution < -0.4 is 0 Å². The second kappa shape index (κ2) is 3.06. The van der Waals surface area contributed by atoms with E-state index in [1.165, 1.54) is 0 Å². The highest BCUT2D eigenvalue weighted by atomic mass is 16.4. The summed E-state index contributed by atoms with van der Waals surface area (Å²) in [5.41, 5.74) is 0.348. The molecule has 0 saturated carbocycles. The molecule has 0 radical (unpaired) electrons. The first-order chi connectivity index (χ1) is 6.95. The van der Waals surface area contributed by atoms with Crippen LogP contribution in [0.3, 0.4) is 0 Å². The van der Waals surface area contributed by atoms with Crippen molar-refractivity contribution in [1.82, 2.24) is 9.78 Å². The van der Waals surface area contributed by atoms with Gasteiger partial charge in [-0.15, -0.1) is 0 Å². The van der Waals surface area contributed by atoms with Gasteiger partial charge in [0.1, 0.15) is 5.60 Å². The Labute approximate surface area is 87.3 Å². The van der Waals surface area contributed by atoms with Gasteiger partial charge >= 0.3 is 5.97 Å². The molecule has 2 unspecified atom stereocenters. The minimum Gasteiger partial charge on any atom is -0.481 e. The van der Waals surface area contributed by atoms with E-state index >= 15 is 0 Å². The van der Waals surface area contributed by atoms with Crippen LogP contribution in [0.5, 0.6) is 0 Å². The number of aryl methyl sites for hydroxylation is 1. The van der Waals surface area contributed by atoms with Gasteiger partial charge in [-0.2, -0.15) is 5.10 Å². The lowest BCUT2D eigenvalue weighted by Crippen LogP contribution is -2.32. The predicted molar refractivity (Wildman–Crippen MR) is 52.2 cm³/mol. The van der Waals surface area contributed by atoms with Gasteiger partial charge in [-0.05, 0) is 12.3 Å². The average molecular weight is 210 g/mol. The molecule has 0 aromatic carbocycles. The molecule has 0 spiro atoms. The van der Waals surface area contributed by atoms with E-state index in [9.17, 15) is 9.90 Å². The highest BCUT2D eigenvalue weighted by Gasteiger charge is 2.46. The fraction of sp³-hybridized carbons (Fsp3) is 0.600. The van der Waals surface area contributed by atoms with Crippen molar-refractivity contribution in [3.05, 3.63) is 17.5 Å². The first-order valence-corrected chi connectivity index (χ1v) is 4.90. The quantitative estimate of drug-likeness (QED) is 0.735. The molecule has 1 aromatic heterocycles. The van der Waals surface area contributed by atoms with E-state index in [-0.39, 0.29) is 12.3 Å². The summed E-state index contributed by atoms with van der Waals surface area (Å²) in [6.07, 6.45) is 1.99. The summed E-state index contributed by atoms with van der Waals surface area (Å²) in [6.45, 7) is 1.86. The number of nitrogens with zero attached hydrogens (tertiary/aromatic N) is 2. The van der Waals surface area contributed by atoms with Crippen molar-refractivity contribution >= 4 is 5.97 Å². The number of carboxylic acid groups (broad SMARTS) is 1. The molecule has 1 aromatic rings. The molecule has 15 heavy (non-hydrogen) atoms. The molecule has 0 saturated heterocycles. The molecule has 5 nitrogen and oxygen atoms in total. The highest BCUT2D eigenvalue weighted by molar-refractivity contribution is 5.69. The zero-order valence-corrected chi connectivity index (χ0v) is 8.77. The average Bonchev–Trinajstić information content (AvgIpc) is 2.56. The Balaban J connectivity index is 2.44. The number of rotatable bonds is 2. The van der Waals surface area contributed by atoms with Crippen molar-refractivity contribution in [2.75, 3.05) is 0 Å². The first-order valence-electron chi connectivity index (χ1n) is 4.90. The summed E-state index contributed by atoms with van der Waals surface area (Å²) in [6, 6.07) is 0. The maximum atomic E-state index is 10.7. The zero-order valence-electron chi connectivity index (χ0n) is 8.77. The van der Waals surface area contributed by atoms with Gasteiger partial charge in [-0.3, -0.25) is 9.48 Å². The van der Waals surface area contributed by atoms with E-state index in [0.29, 0.717) is 12.0 Å². The summed E-state index contributed by atoms with van der Waals surface area (Å²) in [5.74, 6) is -1.06. The van der Waals surface area contributed by atoms with E-state index in [1.54, 1.807) is 17.9 Å². The molecule has 82 valence electrons. The van der Waals surface area contributed by atoms with Crippen molar-refractivity contribution in [1.29, 1.82) is 0 Å². The Morgan fingerprint density at radius 3 is 3.07 bits per heavy atom. The minimum absolute atomic E-state index is 0.0761. The third-order valence-corrected chi connectivity index (χ3v) is 3.26. The number of hydrogen-bond donors (Lipinski definition) is 2. The summed E-state index contributed by atoms with van der Waals surface area (Å²) < 4.78 is 1.70. The van der Waals surface area contributed by atoms with Gasteiger partial charge in [0.2, 0.25) is 0 Å². The van der Waals surface area contributed by atoms with Gasteiger partial charge in [0.15, 0.2) is 0 Å². The van der Waals surface area contributed by atoms with Gasteiger partial charge in [0, 0.05) is 18.3 Å². The molecule has 5 heteroatoms. The Morgan fingerprint density at radius 2 is 2.47 bits per heavy atom. The first kappa shape index (κ1) is 10.2. The molecule has 2 atom stereocenters. The maximum absolute atomic E-state index is 10.7. The standard InChI is InChI=1S/C10H14N2O3/c1-6-3-8-7(5-11-12(8)2)10(6,15)4-9(13)14/h5-6,15H,3-4H2,1-2H3,(H,13,14). The molecule has 2 N–H and O–H groups in total. The molecule has 0 fully saturated rings. The van der Waals surface area contributed by atoms with E-state index in [2.05, 4.69) is 5.10 Å². The van der Waals surface area contributed by atoms with Crippen molar-refractivity contribution in [3.63, 3.8) is 0 Å². The third-order valence-electron chi connectivity index (χ3n) is 3.26. The fourth-order valence-corrected chi connectivity index (χ4v) is 2.29. The third kappa shape index (κ3) is 1.34. The van der Waals surface area contributed by atoms with Crippen molar-refractivity contribution in [3.8, 4) is 0 Å². The van der Waals surface area contributed by atoms with E-state index < -0.39 is 11.6 Å². The summed E-state index contributed by atoms with van der Waals surface area (Å²) in [7, 11) is 1.80. The topological polar surface area (TPSA) is 75.3 Å². The Kier molecular flexibility index (Phi) is 2.08. The number of fused-ring (bicyclic) bond motifs is 1. The molecule has 0 aliphatic heterocycles. The minimum atomic E-state index is -1.25. The van der Waals surface area contributed by atoms with Gasteiger partial charge < -0.3 is 10.2 Å². The summed E-state index contributed by atoms with van der Waals surface area (Å²) in [4.78, 5) is 10.7. The van der Waals surface area contributed by atoms with Crippen LogP contribution in [-0.2, 0) is 23.9 Å². The van der Waals surface area contributed by atoms with Gasteiger partial charge in [-0.25, -0.2) is 0 Å². The van der Waals surface area contributed by atoms with E-state index in [0.717, 1.165) is 5.69 Å². The number of carboxylic acids is 1. The maximum Gasteiger partial charge on any atom is 0.306 e. The zero-order chi connectivity index (χ0) is 11.2. The Bertz CT molecular complexity index is 413. The fourth-order valence-electron chi connectivity index (χ4n) is 2.29. The van der Waals surface area contributed by atoms with Crippen LogP contribution in [0.25, 0.3) is 0 Å². The van der Waals surface area contributed by atoms with Crippen LogP contribution in [0.2, 0.25) is 0 Å². The largest absolute Gasteiger partial charge is 0.481 e. The molecule has 0 bridgehead atoms. The summed E-state index contributed by atoms with van der Waals surface area (Å²) >= 11 is 0. The Hall–Kier alpha value is -1.36. The van der Waals surface area contributed by atoms with Crippen LogP contribution in [0.15, 0.2) is 6.20 Å². The van der Waals surface area contributed by atoms with Crippen molar-refractivity contribution < 1.29 is 15.0 Å². The molecule has 1 aliphatic rings. The van der Waals surface area contributed by atoms with Gasteiger partial charge in [0.25, 0.3) is 0 Å². The molecular formula is C10H14N2O3. The lowest BCUT2D eigenvalue weighted by atomic mass is 9.86. The number of aliphatic carboxylic acids is 1. The van der Waals surface area contributed by atoms with Crippen LogP contribution in [0.1, 0.15) is 24.6 Å². The van der Waals surface area contributed by atoms with E-state index in [1.807, 2.05) is 6.92 Å². The predicted octanol–water partition coefficient (Wildman–Crippen LogP) is 0.275. The number of aliphatic hydroxyl groups is 1. The van der Waals surface area contributed by atoms with Gasteiger partial charge in [0.05, 0.1) is 12.6 Å². The number of carbonyl (C=O) groups is 1. The number of aromatic nitrogens is 2. The van der Waals surface area contributed by atoms with Crippen LogP contribution >= 0.6 is 0 Å². The normalized spacial score (nSPS) is 29.1. The lowest BCUT2D eigenvalue weighted by Gasteiger charge is -2.25. The van der Waals surface area contributed by atoms with Crippen LogP contribution in [0, 0.1) is 5.92 Å². The van der Waals surface area contributed by atoms with E-state index in [4.69, 9.17) is 5.11 Å². The molecule has 0 amide bonds. The second-order valence-electron chi connectivity index (χ2n) is 4.23. The van der Waals surface area contributed by atoms with Gasteiger partial charge in [-0.1, -0.05) is 6.92 Å². The Morgan fingerprint density at radius 1 is 1.80 bits per heavy atom. The molecule has 2 rings (SSSR count). The van der Waals surface area contributed by atoms with Crippen molar-refractivity contribution in [2.24, 2.45) is 13.0 Å². The molecular weight excluding hydrogens is 196 g/mol. The SMILES string of the molecule is CC1Cc2c(cnn2C)C1(O)CC(=O)O.